The van der Waals surface area contributed by atoms with Crippen molar-refractivity contribution in [2.45, 2.75) is 27.3 Å². The van der Waals surface area contributed by atoms with Gasteiger partial charge in [0.15, 0.2) is 11.5 Å². The average molecular weight is 304 g/mol. The molecule has 0 bridgehead atoms. The molecule has 1 heterocycles. The lowest BCUT2D eigenvalue weighted by Gasteiger charge is -2.14. The predicted octanol–water partition coefficient (Wildman–Crippen LogP) is 4.61. The summed E-state index contributed by atoms with van der Waals surface area (Å²) in [6, 6.07) is 8.08. The fourth-order valence-electron chi connectivity index (χ4n) is 2.73. The lowest BCUT2D eigenvalue weighted by molar-refractivity contribution is 0.174. The molecule has 0 aliphatic carbocycles. The normalized spacial score (nSPS) is 12.6. The number of fused-ring (bicyclic) bond motifs is 1. The minimum Gasteiger partial charge on any atom is -0.454 e. The monoisotopic (exact) mass is 303 g/mol. The van der Waals surface area contributed by atoms with E-state index in [1.54, 1.807) is 6.07 Å². The molecule has 2 aromatic carbocycles. The van der Waals surface area contributed by atoms with Gasteiger partial charge in [-0.15, -0.1) is 0 Å². The summed E-state index contributed by atoms with van der Waals surface area (Å²) >= 11 is 6.28. The van der Waals surface area contributed by atoms with Gasteiger partial charge in [0, 0.05) is 18.7 Å². The first-order valence-corrected chi connectivity index (χ1v) is 7.32. The zero-order valence-corrected chi connectivity index (χ0v) is 13.2. The standard InChI is InChI=1S/C17H18ClNO2/c1-10-4-11(2)13(12(3)5-10)8-19-15-7-17-16(6-14(15)18)20-9-21-17/h4-7,19H,8-9H2,1-3H3. The number of anilines is 1. The summed E-state index contributed by atoms with van der Waals surface area (Å²) in [5.74, 6) is 1.44. The molecule has 0 amide bonds. The molecule has 0 fully saturated rings. The van der Waals surface area contributed by atoms with Crippen molar-refractivity contribution in [3.63, 3.8) is 0 Å². The summed E-state index contributed by atoms with van der Waals surface area (Å²) < 4.78 is 10.7. The van der Waals surface area contributed by atoms with Gasteiger partial charge in [-0.05, 0) is 37.5 Å². The van der Waals surface area contributed by atoms with Crippen molar-refractivity contribution < 1.29 is 9.47 Å². The second-order valence-corrected chi connectivity index (χ2v) is 5.82. The summed E-state index contributed by atoms with van der Waals surface area (Å²) in [4.78, 5) is 0. The molecule has 1 aliphatic rings. The molecule has 1 aliphatic heterocycles. The van der Waals surface area contributed by atoms with Crippen LogP contribution >= 0.6 is 11.6 Å². The Bertz CT molecular complexity index is 674. The molecule has 3 nitrogen and oxygen atoms in total. The highest BCUT2D eigenvalue weighted by atomic mass is 35.5. The molecule has 0 saturated heterocycles. The average Bonchev–Trinajstić information content (AvgIpc) is 2.84. The van der Waals surface area contributed by atoms with Crippen molar-refractivity contribution in [2.24, 2.45) is 0 Å². The molecule has 2 aromatic rings. The third-order valence-corrected chi connectivity index (χ3v) is 4.07. The Labute approximate surface area is 129 Å². The number of nitrogens with one attached hydrogen (secondary N) is 1. The largest absolute Gasteiger partial charge is 0.454 e. The first-order chi connectivity index (χ1) is 10.0. The zero-order valence-electron chi connectivity index (χ0n) is 12.4. The Morgan fingerprint density at radius 2 is 1.62 bits per heavy atom. The second kappa shape index (κ2) is 5.49. The number of hydrogen-bond donors (Lipinski definition) is 1. The van der Waals surface area contributed by atoms with Gasteiger partial charge in [-0.3, -0.25) is 0 Å². The molecule has 0 atom stereocenters. The maximum Gasteiger partial charge on any atom is 0.231 e. The van der Waals surface area contributed by atoms with E-state index in [0.29, 0.717) is 10.8 Å². The van der Waals surface area contributed by atoms with Crippen LogP contribution in [-0.4, -0.2) is 6.79 Å². The number of hydrogen-bond acceptors (Lipinski definition) is 3. The summed E-state index contributed by atoms with van der Waals surface area (Å²) in [5, 5.41) is 4.03. The molecule has 0 unspecified atom stereocenters. The van der Waals surface area contributed by atoms with E-state index in [2.05, 4.69) is 38.2 Å². The Morgan fingerprint density at radius 3 is 2.29 bits per heavy atom. The van der Waals surface area contributed by atoms with Gasteiger partial charge >= 0.3 is 0 Å². The molecule has 110 valence electrons. The van der Waals surface area contributed by atoms with Crippen molar-refractivity contribution >= 4 is 17.3 Å². The predicted molar refractivity (Wildman–Crippen MR) is 85.6 cm³/mol. The van der Waals surface area contributed by atoms with E-state index in [4.69, 9.17) is 21.1 Å². The number of benzene rings is 2. The summed E-state index contributed by atoms with van der Waals surface area (Å²) in [6.45, 7) is 7.38. The van der Waals surface area contributed by atoms with Crippen LogP contribution in [0.15, 0.2) is 24.3 Å². The lowest BCUT2D eigenvalue weighted by atomic mass is 10.00. The number of rotatable bonds is 3. The fraction of sp³-hybridized carbons (Fsp3) is 0.294. The van der Waals surface area contributed by atoms with E-state index < -0.39 is 0 Å². The number of halogens is 1. The van der Waals surface area contributed by atoms with Crippen molar-refractivity contribution in [1.82, 2.24) is 0 Å². The topological polar surface area (TPSA) is 30.5 Å². The van der Waals surface area contributed by atoms with E-state index in [9.17, 15) is 0 Å². The maximum absolute atomic E-state index is 6.28. The molecule has 1 N–H and O–H groups in total. The van der Waals surface area contributed by atoms with Crippen LogP contribution < -0.4 is 14.8 Å². The number of ether oxygens (including phenoxy) is 2. The van der Waals surface area contributed by atoms with Crippen molar-refractivity contribution in [1.29, 1.82) is 0 Å². The highest BCUT2D eigenvalue weighted by molar-refractivity contribution is 6.33. The second-order valence-electron chi connectivity index (χ2n) is 5.42. The lowest BCUT2D eigenvalue weighted by Crippen LogP contribution is -2.04. The van der Waals surface area contributed by atoms with Crippen LogP contribution in [0.2, 0.25) is 5.02 Å². The van der Waals surface area contributed by atoms with Crippen LogP contribution in [0.25, 0.3) is 0 Å². The molecule has 0 radical (unpaired) electrons. The Morgan fingerprint density at radius 1 is 1.00 bits per heavy atom. The van der Waals surface area contributed by atoms with Crippen LogP contribution in [-0.2, 0) is 6.54 Å². The van der Waals surface area contributed by atoms with Crippen molar-refractivity contribution in [3.8, 4) is 11.5 Å². The molecule has 0 aromatic heterocycles. The van der Waals surface area contributed by atoms with Crippen LogP contribution in [0.4, 0.5) is 5.69 Å². The molecule has 0 saturated carbocycles. The van der Waals surface area contributed by atoms with Gasteiger partial charge in [0.05, 0.1) is 10.7 Å². The van der Waals surface area contributed by atoms with Gasteiger partial charge in [-0.1, -0.05) is 29.3 Å². The highest BCUT2D eigenvalue weighted by Crippen LogP contribution is 2.39. The van der Waals surface area contributed by atoms with E-state index in [-0.39, 0.29) is 6.79 Å². The van der Waals surface area contributed by atoms with E-state index in [1.165, 1.54) is 22.3 Å². The third kappa shape index (κ3) is 2.79. The van der Waals surface area contributed by atoms with Gasteiger partial charge in [0.1, 0.15) is 0 Å². The van der Waals surface area contributed by atoms with Gasteiger partial charge in [-0.2, -0.15) is 0 Å². The van der Waals surface area contributed by atoms with Crippen molar-refractivity contribution in [2.75, 3.05) is 12.1 Å². The third-order valence-electron chi connectivity index (χ3n) is 3.76. The van der Waals surface area contributed by atoms with E-state index in [1.807, 2.05) is 6.07 Å². The van der Waals surface area contributed by atoms with Crippen molar-refractivity contribution in [3.05, 3.63) is 51.5 Å². The summed E-state index contributed by atoms with van der Waals surface area (Å²) in [6.07, 6.45) is 0. The molecule has 3 rings (SSSR count). The van der Waals surface area contributed by atoms with Gasteiger partial charge in [0.25, 0.3) is 0 Å². The number of aryl methyl sites for hydroxylation is 3. The van der Waals surface area contributed by atoms with E-state index >= 15 is 0 Å². The van der Waals surface area contributed by atoms with Gasteiger partial charge in [-0.25, -0.2) is 0 Å². The highest BCUT2D eigenvalue weighted by Gasteiger charge is 2.16. The Hall–Kier alpha value is -1.87. The van der Waals surface area contributed by atoms with Gasteiger partial charge in [0.2, 0.25) is 6.79 Å². The van der Waals surface area contributed by atoms with E-state index in [0.717, 1.165) is 18.0 Å². The quantitative estimate of drug-likeness (QED) is 0.898. The Kier molecular flexibility index (Phi) is 3.68. The van der Waals surface area contributed by atoms with Crippen LogP contribution in [0.1, 0.15) is 22.3 Å². The first-order valence-electron chi connectivity index (χ1n) is 6.94. The smallest absolute Gasteiger partial charge is 0.231 e. The first kappa shape index (κ1) is 14.1. The van der Waals surface area contributed by atoms with Crippen LogP contribution in [0, 0.1) is 20.8 Å². The summed E-state index contributed by atoms with van der Waals surface area (Å²) in [7, 11) is 0. The minimum absolute atomic E-state index is 0.255. The Balaban J connectivity index is 1.83. The zero-order chi connectivity index (χ0) is 15.0. The molecular formula is C17H18ClNO2. The molecule has 4 heteroatoms. The molecule has 0 spiro atoms. The molecular weight excluding hydrogens is 286 g/mol. The maximum atomic E-state index is 6.28. The fourth-order valence-corrected chi connectivity index (χ4v) is 2.95. The minimum atomic E-state index is 0.255. The summed E-state index contributed by atoms with van der Waals surface area (Å²) in [5.41, 5.74) is 6.03. The van der Waals surface area contributed by atoms with Crippen LogP contribution in [0.3, 0.4) is 0 Å². The van der Waals surface area contributed by atoms with Crippen LogP contribution in [0.5, 0.6) is 11.5 Å². The van der Waals surface area contributed by atoms with Gasteiger partial charge < -0.3 is 14.8 Å². The SMILES string of the molecule is Cc1cc(C)c(CNc2cc3c(cc2Cl)OCO3)c(C)c1. The molecule has 21 heavy (non-hydrogen) atoms.